The van der Waals surface area contributed by atoms with Crippen LogP contribution in [0, 0.1) is 5.92 Å². The number of thiophene rings is 1. The molecule has 1 aliphatic heterocycles. The first kappa shape index (κ1) is 16.1. The molecule has 0 saturated carbocycles. The van der Waals surface area contributed by atoms with Crippen LogP contribution in [0.15, 0.2) is 16.2 Å². The standard InChI is InChI=1S/C15H21BrN4OS/c1-21-7-6-20-4-2-11(3-5-20)9-17-15-14-12(18-10-19-15)8-13(16)22-14/h8,10-11H,2-7,9H2,1H3,(H,17,18,19). The number of aromatic nitrogens is 2. The summed E-state index contributed by atoms with van der Waals surface area (Å²) >= 11 is 5.20. The maximum absolute atomic E-state index is 5.15. The fourth-order valence-electron chi connectivity index (χ4n) is 2.83. The van der Waals surface area contributed by atoms with Gasteiger partial charge in [-0.2, -0.15) is 0 Å². The maximum Gasteiger partial charge on any atom is 0.147 e. The van der Waals surface area contributed by atoms with Crippen molar-refractivity contribution >= 4 is 43.3 Å². The molecule has 120 valence electrons. The number of likely N-dealkylation sites (tertiary alicyclic amines) is 1. The second-order valence-corrected chi connectivity index (χ2v) is 8.08. The number of nitrogens with zero attached hydrogens (tertiary/aromatic N) is 3. The fraction of sp³-hybridized carbons (Fsp3) is 0.600. The van der Waals surface area contributed by atoms with Crippen molar-refractivity contribution in [2.24, 2.45) is 5.92 Å². The summed E-state index contributed by atoms with van der Waals surface area (Å²) in [4.78, 5) is 11.2. The number of nitrogens with one attached hydrogen (secondary N) is 1. The highest BCUT2D eigenvalue weighted by Crippen LogP contribution is 2.32. The lowest BCUT2D eigenvalue weighted by molar-refractivity contribution is 0.122. The van der Waals surface area contributed by atoms with Crippen LogP contribution in [0.5, 0.6) is 0 Å². The zero-order chi connectivity index (χ0) is 15.4. The largest absolute Gasteiger partial charge is 0.383 e. The van der Waals surface area contributed by atoms with E-state index in [2.05, 4.69) is 36.1 Å². The van der Waals surface area contributed by atoms with E-state index in [0.717, 1.165) is 39.5 Å². The number of fused-ring (bicyclic) bond motifs is 1. The second kappa shape index (κ2) is 7.68. The molecular weight excluding hydrogens is 364 g/mol. The Bertz CT molecular complexity index is 613. The molecule has 0 amide bonds. The van der Waals surface area contributed by atoms with Gasteiger partial charge in [0, 0.05) is 20.2 Å². The van der Waals surface area contributed by atoms with Gasteiger partial charge in [-0.25, -0.2) is 9.97 Å². The number of methoxy groups -OCH3 is 1. The molecule has 22 heavy (non-hydrogen) atoms. The predicted molar refractivity (Wildman–Crippen MR) is 94.6 cm³/mol. The van der Waals surface area contributed by atoms with E-state index in [1.54, 1.807) is 24.8 Å². The molecule has 0 atom stereocenters. The summed E-state index contributed by atoms with van der Waals surface area (Å²) in [6.45, 7) is 5.19. The van der Waals surface area contributed by atoms with Gasteiger partial charge in [0.2, 0.25) is 0 Å². The van der Waals surface area contributed by atoms with Crippen molar-refractivity contribution in [2.75, 3.05) is 45.2 Å². The van der Waals surface area contributed by atoms with Gasteiger partial charge >= 0.3 is 0 Å². The Balaban J connectivity index is 1.52. The predicted octanol–water partition coefficient (Wildman–Crippen LogP) is 3.22. The summed E-state index contributed by atoms with van der Waals surface area (Å²) in [6, 6.07) is 2.04. The van der Waals surface area contributed by atoms with Crippen molar-refractivity contribution in [1.82, 2.24) is 14.9 Å². The van der Waals surface area contributed by atoms with E-state index in [9.17, 15) is 0 Å². The SMILES string of the molecule is COCCN1CCC(CNc2ncnc3cc(Br)sc23)CC1. The van der Waals surface area contributed by atoms with Crippen LogP contribution >= 0.6 is 27.3 Å². The van der Waals surface area contributed by atoms with Gasteiger partial charge in [-0.3, -0.25) is 0 Å². The Hall–Kier alpha value is -0.760. The Morgan fingerprint density at radius 3 is 3.00 bits per heavy atom. The molecule has 0 spiro atoms. The minimum atomic E-state index is 0.715. The van der Waals surface area contributed by atoms with Gasteiger partial charge in [0.1, 0.15) is 12.1 Å². The van der Waals surface area contributed by atoms with Gasteiger partial charge in [0.05, 0.1) is 20.6 Å². The Kier molecular flexibility index (Phi) is 5.62. The van der Waals surface area contributed by atoms with Crippen LogP contribution in [0.2, 0.25) is 0 Å². The van der Waals surface area contributed by atoms with E-state index in [1.165, 1.54) is 25.9 Å². The smallest absolute Gasteiger partial charge is 0.147 e. The molecule has 1 aliphatic rings. The highest BCUT2D eigenvalue weighted by Gasteiger charge is 2.19. The molecular formula is C15H21BrN4OS. The third-order valence-electron chi connectivity index (χ3n) is 4.16. The van der Waals surface area contributed by atoms with Crippen molar-refractivity contribution in [1.29, 1.82) is 0 Å². The molecule has 2 aromatic rings. The minimum absolute atomic E-state index is 0.715. The van der Waals surface area contributed by atoms with E-state index in [-0.39, 0.29) is 0 Å². The second-order valence-electron chi connectivity index (χ2n) is 5.65. The number of rotatable bonds is 6. The highest BCUT2D eigenvalue weighted by molar-refractivity contribution is 9.11. The summed E-state index contributed by atoms with van der Waals surface area (Å²) in [6.07, 6.45) is 4.11. The van der Waals surface area contributed by atoms with Crippen molar-refractivity contribution in [2.45, 2.75) is 12.8 Å². The van der Waals surface area contributed by atoms with Gasteiger partial charge in [0.25, 0.3) is 0 Å². The number of hydrogen-bond donors (Lipinski definition) is 1. The van der Waals surface area contributed by atoms with Crippen molar-refractivity contribution in [3.63, 3.8) is 0 Å². The maximum atomic E-state index is 5.15. The summed E-state index contributed by atoms with van der Waals surface area (Å²) in [5.41, 5.74) is 1.00. The molecule has 3 rings (SSSR count). The average Bonchev–Trinajstić information content (AvgIpc) is 2.92. The van der Waals surface area contributed by atoms with Crippen LogP contribution in [0.1, 0.15) is 12.8 Å². The number of piperidine rings is 1. The first-order valence-electron chi connectivity index (χ1n) is 7.61. The molecule has 0 aromatic carbocycles. The molecule has 5 nitrogen and oxygen atoms in total. The Morgan fingerprint density at radius 2 is 2.23 bits per heavy atom. The normalized spacial score (nSPS) is 17.2. The highest BCUT2D eigenvalue weighted by atomic mass is 79.9. The van der Waals surface area contributed by atoms with E-state index in [4.69, 9.17) is 4.74 Å². The average molecular weight is 385 g/mol. The first-order chi connectivity index (χ1) is 10.8. The zero-order valence-corrected chi connectivity index (χ0v) is 15.1. The Labute approximate surface area is 143 Å². The van der Waals surface area contributed by atoms with E-state index < -0.39 is 0 Å². The summed E-state index contributed by atoms with van der Waals surface area (Å²) < 4.78 is 7.38. The number of ether oxygens (including phenoxy) is 1. The topological polar surface area (TPSA) is 50.3 Å². The third-order valence-corrected chi connectivity index (χ3v) is 5.79. The van der Waals surface area contributed by atoms with Crippen molar-refractivity contribution in [3.8, 4) is 0 Å². The molecule has 1 N–H and O–H groups in total. The zero-order valence-electron chi connectivity index (χ0n) is 12.7. The molecule has 1 fully saturated rings. The van der Waals surface area contributed by atoms with Crippen LogP contribution in [0.3, 0.4) is 0 Å². The van der Waals surface area contributed by atoms with Gasteiger partial charge in [-0.05, 0) is 53.8 Å². The summed E-state index contributed by atoms with van der Waals surface area (Å²) in [5.74, 6) is 1.68. The van der Waals surface area contributed by atoms with Crippen molar-refractivity contribution < 1.29 is 4.74 Å². The Morgan fingerprint density at radius 1 is 1.41 bits per heavy atom. The molecule has 0 radical (unpaired) electrons. The van der Waals surface area contributed by atoms with Gasteiger partial charge in [-0.15, -0.1) is 11.3 Å². The molecule has 0 aliphatic carbocycles. The van der Waals surface area contributed by atoms with Crippen LogP contribution < -0.4 is 5.32 Å². The van der Waals surface area contributed by atoms with Crippen LogP contribution in [0.25, 0.3) is 10.2 Å². The molecule has 0 unspecified atom stereocenters. The minimum Gasteiger partial charge on any atom is -0.383 e. The summed E-state index contributed by atoms with van der Waals surface area (Å²) in [5, 5.41) is 3.52. The van der Waals surface area contributed by atoms with Crippen LogP contribution in [-0.2, 0) is 4.74 Å². The van der Waals surface area contributed by atoms with Gasteiger partial charge in [-0.1, -0.05) is 0 Å². The molecule has 1 saturated heterocycles. The lowest BCUT2D eigenvalue weighted by Crippen LogP contribution is -2.37. The van der Waals surface area contributed by atoms with Crippen LogP contribution in [0.4, 0.5) is 5.82 Å². The van der Waals surface area contributed by atoms with E-state index >= 15 is 0 Å². The first-order valence-corrected chi connectivity index (χ1v) is 9.22. The van der Waals surface area contributed by atoms with E-state index in [1.807, 2.05) is 6.07 Å². The lowest BCUT2D eigenvalue weighted by Gasteiger charge is -2.31. The quantitative estimate of drug-likeness (QED) is 0.828. The molecule has 7 heteroatoms. The van der Waals surface area contributed by atoms with Gasteiger partial charge < -0.3 is 15.0 Å². The number of hydrogen-bond acceptors (Lipinski definition) is 6. The van der Waals surface area contributed by atoms with Crippen molar-refractivity contribution in [3.05, 3.63) is 16.2 Å². The summed E-state index contributed by atoms with van der Waals surface area (Å²) in [7, 11) is 1.77. The number of halogens is 1. The third kappa shape index (κ3) is 3.95. The number of anilines is 1. The molecule has 0 bridgehead atoms. The fourth-order valence-corrected chi connectivity index (χ4v) is 4.33. The molecule has 2 aromatic heterocycles. The lowest BCUT2D eigenvalue weighted by atomic mass is 9.97. The molecule has 3 heterocycles. The van der Waals surface area contributed by atoms with E-state index in [0.29, 0.717) is 5.92 Å². The van der Waals surface area contributed by atoms with Gasteiger partial charge in [0.15, 0.2) is 0 Å². The monoisotopic (exact) mass is 384 g/mol. The van der Waals surface area contributed by atoms with Crippen LogP contribution in [-0.4, -0.2) is 54.8 Å².